The SMILES string of the molecule is C.C.C=C.C=C/C=C(\C=C/C)C(C)C(/C=C\C)=C/C. The summed E-state index contributed by atoms with van der Waals surface area (Å²) in [6.07, 6.45) is 14.5. The molecule has 0 radical (unpaired) electrons. The van der Waals surface area contributed by atoms with Crippen molar-refractivity contribution in [2.45, 2.75) is 42.5 Å². The van der Waals surface area contributed by atoms with Crippen molar-refractivity contribution in [1.29, 1.82) is 0 Å². The van der Waals surface area contributed by atoms with Crippen LogP contribution in [0.2, 0.25) is 0 Å². The Hall–Kier alpha value is -1.56. The highest BCUT2D eigenvalue weighted by molar-refractivity contribution is 5.35. The van der Waals surface area contributed by atoms with Gasteiger partial charge in [-0.05, 0) is 31.9 Å². The molecule has 0 nitrogen and oxygen atoms in total. The molecule has 0 heteroatoms. The summed E-state index contributed by atoms with van der Waals surface area (Å²) in [5.41, 5.74) is 2.63. The van der Waals surface area contributed by atoms with Gasteiger partial charge < -0.3 is 0 Å². The number of hydrogen-bond donors (Lipinski definition) is 0. The molecule has 1 atom stereocenters. The van der Waals surface area contributed by atoms with Crippen molar-refractivity contribution in [2.75, 3.05) is 0 Å². The van der Waals surface area contributed by atoms with Gasteiger partial charge in [-0.2, -0.15) is 0 Å². The Bertz CT molecular complexity index is 311. The molecule has 0 fully saturated rings. The van der Waals surface area contributed by atoms with Gasteiger partial charge in [0.15, 0.2) is 0 Å². The molecule has 0 aromatic carbocycles. The lowest BCUT2D eigenvalue weighted by atomic mass is 9.91. The fourth-order valence-corrected chi connectivity index (χ4v) is 1.55. The molecule has 0 spiro atoms. The maximum atomic E-state index is 3.75. The van der Waals surface area contributed by atoms with Crippen LogP contribution in [0.5, 0.6) is 0 Å². The first-order valence-corrected chi connectivity index (χ1v) is 5.95. The Morgan fingerprint density at radius 2 is 1.32 bits per heavy atom. The van der Waals surface area contributed by atoms with Gasteiger partial charge in [-0.3, -0.25) is 0 Å². The van der Waals surface area contributed by atoms with Gasteiger partial charge in [-0.25, -0.2) is 0 Å². The first-order chi connectivity index (χ1) is 8.21. The molecule has 19 heavy (non-hydrogen) atoms. The van der Waals surface area contributed by atoms with Crippen LogP contribution in [0.15, 0.2) is 73.4 Å². The monoisotopic (exact) mass is 262 g/mol. The van der Waals surface area contributed by atoms with E-state index < -0.39 is 0 Å². The van der Waals surface area contributed by atoms with E-state index in [-0.39, 0.29) is 14.9 Å². The van der Waals surface area contributed by atoms with Gasteiger partial charge in [-0.1, -0.05) is 70.9 Å². The Morgan fingerprint density at radius 1 is 0.895 bits per heavy atom. The van der Waals surface area contributed by atoms with E-state index in [2.05, 4.69) is 70.0 Å². The third-order valence-electron chi connectivity index (χ3n) is 2.36. The maximum Gasteiger partial charge on any atom is 0.00575 e. The smallest absolute Gasteiger partial charge is 0.00575 e. The fourth-order valence-electron chi connectivity index (χ4n) is 1.55. The molecule has 0 saturated carbocycles. The summed E-state index contributed by atoms with van der Waals surface area (Å²) < 4.78 is 0. The summed E-state index contributed by atoms with van der Waals surface area (Å²) in [4.78, 5) is 0. The van der Waals surface area contributed by atoms with Crippen LogP contribution >= 0.6 is 0 Å². The van der Waals surface area contributed by atoms with E-state index in [4.69, 9.17) is 0 Å². The second-order valence-corrected chi connectivity index (χ2v) is 3.41. The van der Waals surface area contributed by atoms with Crippen LogP contribution < -0.4 is 0 Å². The molecule has 0 rings (SSSR count). The van der Waals surface area contributed by atoms with E-state index >= 15 is 0 Å². The molecule has 0 N–H and O–H groups in total. The molecule has 1 unspecified atom stereocenters. The minimum Gasteiger partial charge on any atom is -0.106 e. The van der Waals surface area contributed by atoms with E-state index in [1.807, 2.05) is 19.9 Å². The van der Waals surface area contributed by atoms with Crippen LogP contribution in [0.3, 0.4) is 0 Å². The molecule has 0 aliphatic rings. The van der Waals surface area contributed by atoms with Crippen molar-refractivity contribution >= 4 is 0 Å². The van der Waals surface area contributed by atoms with Crippen LogP contribution in [-0.4, -0.2) is 0 Å². The summed E-state index contributed by atoms with van der Waals surface area (Å²) in [5.74, 6) is 0.417. The number of hydrogen-bond acceptors (Lipinski definition) is 0. The molecule has 0 bridgehead atoms. The van der Waals surface area contributed by atoms with Crippen molar-refractivity contribution in [3.63, 3.8) is 0 Å². The molecule has 0 aromatic rings. The normalized spacial score (nSPS) is 13.1. The molecular formula is C19H34. The van der Waals surface area contributed by atoms with E-state index in [0.717, 1.165) is 0 Å². The third-order valence-corrected chi connectivity index (χ3v) is 2.36. The molecule has 0 amide bonds. The second kappa shape index (κ2) is 18.8. The van der Waals surface area contributed by atoms with Crippen LogP contribution in [-0.2, 0) is 0 Å². The predicted molar refractivity (Wildman–Crippen MR) is 95.5 cm³/mol. The first-order valence-electron chi connectivity index (χ1n) is 5.95. The van der Waals surface area contributed by atoms with Crippen molar-refractivity contribution < 1.29 is 0 Å². The summed E-state index contributed by atoms with van der Waals surface area (Å²) in [6, 6.07) is 0. The Balaban J connectivity index is -0.000000267. The van der Waals surface area contributed by atoms with E-state index in [9.17, 15) is 0 Å². The first kappa shape index (κ1) is 26.1. The Morgan fingerprint density at radius 3 is 1.63 bits per heavy atom. The van der Waals surface area contributed by atoms with Crippen molar-refractivity contribution in [2.24, 2.45) is 5.92 Å². The third kappa shape index (κ3) is 11.3. The zero-order valence-electron chi connectivity index (χ0n) is 11.7. The maximum absolute atomic E-state index is 3.75. The van der Waals surface area contributed by atoms with Gasteiger partial charge in [-0.15, -0.1) is 13.2 Å². The van der Waals surface area contributed by atoms with Crippen LogP contribution in [0, 0.1) is 5.92 Å². The molecule has 0 aliphatic heterocycles. The highest BCUT2D eigenvalue weighted by Gasteiger charge is 2.07. The molecular weight excluding hydrogens is 228 g/mol. The molecule has 0 heterocycles. The highest BCUT2D eigenvalue weighted by Crippen LogP contribution is 2.22. The van der Waals surface area contributed by atoms with Gasteiger partial charge in [0.05, 0.1) is 0 Å². The number of rotatable bonds is 5. The Labute approximate surface area is 122 Å². The minimum absolute atomic E-state index is 0. The van der Waals surface area contributed by atoms with Gasteiger partial charge >= 0.3 is 0 Å². The highest BCUT2D eigenvalue weighted by atomic mass is 14.1. The van der Waals surface area contributed by atoms with Crippen molar-refractivity contribution in [3.05, 3.63) is 73.4 Å². The summed E-state index contributed by atoms with van der Waals surface area (Å²) >= 11 is 0. The standard InChI is InChI=1S/C15H22.C2H4.2CH4/c1-6-10-14(9-4)13(5)15(11-7-2)12-8-3;1-2;;/h6-13H,2H2,1,3-5H3;1-2H2;2*1H4/b10-6-,12-8-,14-9+,15-11+;;;. The lowest BCUT2D eigenvalue weighted by molar-refractivity contribution is 0.844. The molecule has 0 saturated heterocycles. The predicted octanol–water partition coefficient (Wildman–Crippen LogP) is 6.91. The van der Waals surface area contributed by atoms with E-state index in [1.54, 1.807) is 0 Å². The van der Waals surface area contributed by atoms with Gasteiger partial charge in [0.1, 0.15) is 0 Å². The Kier molecular flexibility index (Phi) is 25.8. The van der Waals surface area contributed by atoms with Gasteiger partial charge in [0.25, 0.3) is 0 Å². The lowest BCUT2D eigenvalue weighted by Crippen LogP contribution is -1.99. The van der Waals surface area contributed by atoms with E-state index in [0.29, 0.717) is 5.92 Å². The largest absolute Gasteiger partial charge is 0.106 e. The molecule has 0 aliphatic carbocycles. The average Bonchev–Trinajstić information content (AvgIpc) is 2.37. The average molecular weight is 262 g/mol. The molecule has 0 aromatic heterocycles. The summed E-state index contributed by atoms with van der Waals surface area (Å²) in [6.45, 7) is 18.1. The lowest BCUT2D eigenvalue weighted by Gasteiger charge is -2.14. The van der Waals surface area contributed by atoms with Crippen LogP contribution in [0.4, 0.5) is 0 Å². The fraction of sp³-hybridized carbons (Fsp3) is 0.368. The van der Waals surface area contributed by atoms with Crippen molar-refractivity contribution in [3.8, 4) is 0 Å². The molecule has 110 valence electrons. The minimum atomic E-state index is 0. The summed E-state index contributed by atoms with van der Waals surface area (Å²) in [7, 11) is 0. The number of allylic oxidation sites excluding steroid dienone is 9. The van der Waals surface area contributed by atoms with E-state index in [1.165, 1.54) is 11.1 Å². The topological polar surface area (TPSA) is 0 Å². The van der Waals surface area contributed by atoms with Crippen LogP contribution in [0.25, 0.3) is 0 Å². The van der Waals surface area contributed by atoms with Crippen molar-refractivity contribution in [1.82, 2.24) is 0 Å². The second-order valence-electron chi connectivity index (χ2n) is 3.41. The van der Waals surface area contributed by atoms with Gasteiger partial charge in [0, 0.05) is 5.92 Å². The quantitative estimate of drug-likeness (QED) is 0.373. The van der Waals surface area contributed by atoms with Gasteiger partial charge in [0.2, 0.25) is 0 Å². The summed E-state index contributed by atoms with van der Waals surface area (Å²) in [5, 5.41) is 0. The zero-order chi connectivity index (χ0) is 13.7. The van der Waals surface area contributed by atoms with Crippen LogP contribution in [0.1, 0.15) is 42.5 Å². The zero-order valence-corrected chi connectivity index (χ0v) is 11.7.